The molecule has 0 atom stereocenters. The van der Waals surface area contributed by atoms with E-state index in [0.29, 0.717) is 38.0 Å². The minimum Gasteiger partial charge on any atom is -0.507 e. The molecule has 0 saturated heterocycles. The van der Waals surface area contributed by atoms with E-state index in [2.05, 4.69) is 15.6 Å². The number of thiazole rings is 1. The van der Waals surface area contributed by atoms with E-state index in [1.165, 1.54) is 35.6 Å². The highest BCUT2D eigenvalue weighted by Gasteiger charge is 2.21. The van der Waals surface area contributed by atoms with Crippen molar-refractivity contribution in [3.8, 4) is 16.9 Å². The molecule has 0 unspecified atom stereocenters. The maximum atomic E-state index is 14.8. The van der Waals surface area contributed by atoms with Crippen molar-refractivity contribution in [1.29, 1.82) is 0 Å². The summed E-state index contributed by atoms with van der Waals surface area (Å²) >= 11 is 1.42. The predicted molar refractivity (Wildman–Crippen MR) is 159 cm³/mol. The third-order valence-corrected chi connectivity index (χ3v) is 7.92. The summed E-state index contributed by atoms with van der Waals surface area (Å²) in [5.74, 6) is -1.54. The molecular weight excluding hydrogens is 555 g/mol. The second kappa shape index (κ2) is 13.4. The predicted octanol–water partition coefficient (Wildman–Crippen LogP) is 4.57. The smallest absolute Gasteiger partial charge is 0.273 e. The molecule has 5 rings (SSSR count). The molecule has 0 fully saturated rings. The Morgan fingerprint density at radius 2 is 1.79 bits per heavy atom. The third-order valence-electron chi connectivity index (χ3n) is 7.07. The third kappa shape index (κ3) is 7.19. The summed E-state index contributed by atoms with van der Waals surface area (Å²) < 4.78 is 14.8. The number of aromatic nitrogens is 1. The number of nitrogens with zero attached hydrogens (tertiary/aromatic N) is 2. The van der Waals surface area contributed by atoms with Crippen LogP contribution in [0.4, 0.5) is 4.39 Å². The summed E-state index contributed by atoms with van der Waals surface area (Å²) in [5.41, 5.74) is 2.81. The van der Waals surface area contributed by atoms with Gasteiger partial charge in [0, 0.05) is 61.1 Å². The number of carbonyl (C=O) groups is 3. The Hall–Kier alpha value is -4.57. The molecule has 42 heavy (non-hydrogen) atoms. The van der Waals surface area contributed by atoms with Gasteiger partial charge >= 0.3 is 0 Å². The van der Waals surface area contributed by atoms with Gasteiger partial charge in [-0.05, 0) is 54.3 Å². The highest BCUT2D eigenvalue weighted by Crippen LogP contribution is 2.33. The van der Waals surface area contributed by atoms with Gasteiger partial charge < -0.3 is 20.6 Å². The summed E-state index contributed by atoms with van der Waals surface area (Å²) in [7, 11) is 0. The van der Waals surface area contributed by atoms with Gasteiger partial charge in [-0.15, -0.1) is 11.3 Å². The quantitative estimate of drug-likeness (QED) is 0.326. The fraction of sp³-hybridized carbons (Fsp3) is 0.250. The second-order valence-corrected chi connectivity index (χ2v) is 11.0. The maximum Gasteiger partial charge on any atom is 0.273 e. The molecule has 3 N–H and O–H groups in total. The Bertz CT molecular complexity index is 1590. The van der Waals surface area contributed by atoms with E-state index in [4.69, 9.17) is 0 Å². The Kier molecular flexibility index (Phi) is 9.23. The van der Waals surface area contributed by atoms with E-state index in [9.17, 15) is 23.9 Å². The molecule has 1 aliphatic rings. The van der Waals surface area contributed by atoms with E-state index >= 15 is 0 Å². The number of halogens is 1. The molecule has 3 amide bonds. The number of amides is 3. The first kappa shape index (κ1) is 28.9. The molecule has 0 saturated carbocycles. The molecule has 8 nitrogen and oxygen atoms in total. The Balaban J connectivity index is 1.34. The van der Waals surface area contributed by atoms with Gasteiger partial charge in [-0.25, -0.2) is 9.37 Å². The van der Waals surface area contributed by atoms with Gasteiger partial charge in [0.15, 0.2) is 0 Å². The van der Waals surface area contributed by atoms with Crippen molar-refractivity contribution >= 4 is 29.1 Å². The number of nitrogens with one attached hydrogen (secondary N) is 2. The molecule has 4 bridgehead atoms. The molecule has 216 valence electrons. The first-order chi connectivity index (χ1) is 20.4. The van der Waals surface area contributed by atoms with Crippen molar-refractivity contribution in [2.75, 3.05) is 26.2 Å². The minimum absolute atomic E-state index is 0.0961. The van der Waals surface area contributed by atoms with Crippen molar-refractivity contribution in [2.24, 2.45) is 0 Å². The topological polar surface area (TPSA) is 112 Å². The summed E-state index contributed by atoms with van der Waals surface area (Å²) in [6.07, 6.45) is 1.76. The summed E-state index contributed by atoms with van der Waals surface area (Å²) in [5, 5.41) is 18.7. The summed E-state index contributed by atoms with van der Waals surface area (Å²) in [6.45, 7) is 1.02. The van der Waals surface area contributed by atoms with Crippen molar-refractivity contribution in [3.05, 3.63) is 105 Å². The standard InChI is InChI=1S/C32H31FN4O4S/c33-26-10-9-23-19-24(26)25-17-22(8-11-28(25)38)12-13-34-29(39)7-4-15-37(16-14-35-31(23)40)32(41)27-20-42-30(36-27)18-21-5-2-1-3-6-21/h1-3,5-6,8-11,17,19-20,38H,4,7,12-16,18H2,(H,34,39)(H,35,40). The number of hydrogen-bond donors (Lipinski definition) is 3. The van der Waals surface area contributed by atoms with Crippen LogP contribution >= 0.6 is 11.3 Å². The van der Waals surface area contributed by atoms with Crippen LogP contribution in [0.5, 0.6) is 5.75 Å². The van der Waals surface area contributed by atoms with Crippen LogP contribution < -0.4 is 10.6 Å². The number of fused-ring (bicyclic) bond motifs is 5. The van der Waals surface area contributed by atoms with Crippen molar-refractivity contribution in [2.45, 2.75) is 25.7 Å². The van der Waals surface area contributed by atoms with Crippen LogP contribution in [0.3, 0.4) is 0 Å². The van der Waals surface area contributed by atoms with Crippen LogP contribution in [0, 0.1) is 5.82 Å². The first-order valence-electron chi connectivity index (χ1n) is 13.8. The van der Waals surface area contributed by atoms with Gasteiger partial charge in [-0.1, -0.05) is 36.4 Å². The number of phenols is 1. The molecule has 1 aliphatic heterocycles. The number of carbonyl (C=O) groups excluding carboxylic acids is 3. The fourth-order valence-corrected chi connectivity index (χ4v) is 5.64. The van der Waals surface area contributed by atoms with Gasteiger partial charge in [-0.3, -0.25) is 14.4 Å². The Morgan fingerprint density at radius 3 is 2.62 bits per heavy atom. The van der Waals surface area contributed by atoms with Gasteiger partial charge in [0.2, 0.25) is 5.91 Å². The van der Waals surface area contributed by atoms with E-state index in [0.717, 1.165) is 16.1 Å². The molecular formula is C32H31FN4O4S. The largest absolute Gasteiger partial charge is 0.507 e. The lowest BCUT2D eigenvalue weighted by molar-refractivity contribution is -0.121. The molecule has 0 spiro atoms. The van der Waals surface area contributed by atoms with Crippen molar-refractivity contribution in [1.82, 2.24) is 20.5 Å². The highest BCUT2D eigenvalue weighted by atomic mass is 32.1. The van der Waals surface area contributed by atoms with E-state index in [-0.39, 0.29) is 53.8 Å². The summed E-state index contributed by atoms with van der Waals surface area (Å²) in [4.78, 5) is 45.1. The van der Waals surface area contributed by atoms with E-state index in [1.54, 1.807) is 22.4 Å². The zero-order valence-corrected chi connectivity index (χ0v) is 23.8. The van der Waals surface area contributed by atoms with Gasteiger partial charge in [0.1, 0.15) is 17.3 Å². The number of phenolic OH excluding ortho intramolecular Hbond substituents is 1. The minimum atomic E-state index is -0.576. The molecule has 1 aromatic heterocycles. The lowest BCUT2D eigenvalue weighted by atomic mass is 9.98. The zero-order valence-electron chi connectivity index (χ0n) is 22.9. The molecule has 2 heterocycles. The first-order valence-corrected chi connectivity index (χ1v) is 14.7. The average molecular weight is 587 g/mol. The number of aromatic hydroxyl groups is 1. The van der Waals surface area contributed by atoms with Crippen LogP contribution in [-0.4, -0.2) is 58.9 Å². The molecule has 4 aromatic rings. The zero-order chi connectivity index (χ0) is 29.5. The molecule has 10 heteroatoms. The lowest BCUT2D eigenvalue weighted by Crippen LogP contribution is -2.39. The van der Waals surface area contributed by atoms with Crippen LogP contribution in [0.15, 0.2) is 72.1 Å². The second-order valence-electron chi connectivity index (χ2n) is 10.1. The van der Waals surface area contributed by atoms with Crippen LogP contribution in [0.2, 0.25) is 0 Å². The lowest BCUT2D eigenvalue weighted by Gasteiger charge is -2.22. The number of benzene rings is 3. The highest BCUT2D eigenvalue weighted by molar-refractivity contribution is 7.09. The Morgan fingerprint density at radius 1 is 0.952 bits per heavy atom. The van der Waals surface area contributed by atoms with Gasteiger partial charge in [-0.2, -0.15) is 0 Å². The average Bonchev–Trinajstić information content (AvgIpc) is 3.45. The number of rotatable bonds is 3. The van der Waals surface area contributed by atoms with Crippen LogP contribution in [0.25, 0.3) is 11.1 Å². The fourth-order valence-electron chi connectivity index (χ4n) is 4.84. The van der Waals surface area contributed by atoms with Gasteiger partial charge in [0.25, 0.3) is 11.8 Å². The normalized spacial score (nSPS) is 14.8. The van der Waals surface area contributed by atoms with E-state index in [1.807, 2.05) is 30.3 Å². The number of hydrogen-bond acceptors (Lipinski definition) is 6. The summed E-state index contributed by atoms with van der Waals surface area (Å²) in [6, 6.07) is 18.7. The molecule has 3 aromatic carbocycles. The molecule has 0 radical (unpaired) electrons. The van der Waals surface area contributed by atoms with Crippen LogP contribution in [-0.2, 0) is 17.6 Å². The van der Waals surface area contributed by atoms with Crippen molar-refractivity contribution < 1.29 is 23.9 Å². The maximum absolute atomic E-state index is 14.8. The monoisotopic (exact) mass is 586 g/mol. The Labute approximate surface area is 247 Å². The van der Waals surface area contributed by atoms with Crippen molar-refractivity contribution in [3.63, 3.8) is 0 Å². The van der Waals surface area contributed by atoms with Gasteiger partial charge in [0.05, 0.1) is 5.01 Å². The SMILES string of the molecule is O=C1CCCN(C(=O)c2csc(Cc3ccccc3)n2)CCNC(=O)c2ccc(F)c(c2)-c2cc(ccc2O)CCN1. The van der Waals surface area contributed by atoms with E-state index < -0.39 is 11.7 Å². The molecule has 0 aliphatic carbocycles. The van der Waals surface area contributed by atoms with Crippen LogP contribution in [0.1, 0.15) is 49.8 Å².